The van der Waals surface area contributed by atoms with Crippen LogP contribution in [0.4, 0.5) is 5.82 Å². The second-order valence-corrected chi connectivity index (χ2v) is 5.96. The number of nitrogens with one attached hydrogen (secondary N) is 1. The predicted molar refractivity (Wildman–Crippen MR) is 87.6 cm³/mol. The van der Waals surface area contributed by atoms with Crippen molar-refractivity contribution < 1.29 is 0 Å². The van der Waals surface area contributed by atoms with Gasteiger partial charge in [-0.1, -0.05) is 6.92 Å². The first-order chi connectivity index (χ1) is 10.8. The highest BCUT2D eigenvalue weighted by molar-refractivity contribution is 7.15. The number of anilines is 1. The molecule has 0 aliphatic rings. The van der Waals surface area contributed by atoms with Gasteiger partial charge in [-0.3, -0.25) is 4.40 Å². The lowest BCUT2D eigenvalue weighted by Gasteiger charge is -2.09. The third kappa shape index (κ3) is 2.33. The summed E-state index contributed by atoms with van der Waals surface area (Å²) < 4.78 is 3.90. The topological polar surface area (TPSA) is 59.5 Å². The predicted octanol–water partition coefficient (Wildman–Crippen LogP) is 2.66. The Morgan fingerprint density at radius 1 is 1.27 bits per heavy atom. The van der Waals surface area contributed by atoms with Gasteiger partial charge in [0, 0.05) is 48.6 Å². The van der Waals surface area contributed by atoms with Gasteiger partial charge < -0.3 is 5.32 Å². The molecule has 0 atom stereocenters. The molecule has 4 rings (SSSR count). The Balaban J connectivity index is 1.51. The molecular weight excluding hydrogens is 296 g/mol. The first-order valence-electron chi connectivity index (χ1n) is 7.32. The molecule has 0 radical (unpaired) electrons. The van der Waals surface area contributed by atoms with Crippen molar-refractivity contribution in [2.75, 3.05) is 11.9 Å². The summed E-state index contributed by atoms with van der Waals surface area (Å²) in [6.07, 6.45) is 7.68. The molecule has 4 heterocycles. The first-order valence-corrected chi connectivity index (χ1v) is 8.20. The molecule has 0 amide bonds. The third-order valence-corrected chi connectivity index (χ3v) is 4.38. The number of hydrogen-bond acceptors (Lipinski definition) is 5. The van der Waals surface area contributed by atoms with E-state index in [0.717, 1.165) is 47.2 Å². The molecular formula is C15H16N6S. The molecule has 6 nitrogen and oxygen atoms in total. The van der Waals surface area contributed by atoms with E-state index in [-0.39, 0.29) is 0 Å². The van der Waals surface area contributed by atoms with Gasteiger partial charge in [0.25, 0.3) is 0 Å². The number of aromatic nitrogens is 5. The van der Waals surface area contributed by atoms with Gasteiger partial charge in [0.2, 0.25) is 0 Å². The summed E-state index contributed by atoms with van der Waals surface area (Å²) in [5.74, 6) is 0.980. The fourth-order valence-electron chi connectivity index (χ4n) is 2.49. The van der Waals surface area contributed by atoms with Crippen molar-refractivity contribution in [3.05, 3.63) is 47.5 Å². The molecule has 7 heteroatoms. The molecule has 112 valence electrons. The minimum absolute atomic E-state index is 0.812. The van der Waals surface area contributed by atoms with Crippen molar-refractivity contribution in [1.29, 1.82) is 0 Å². The van der Waals surface area contributed by atoms with Crippen LogP contribution < -0.4 is 5.32 Å². The summed E-state index contributed by atoms with van der Waals surface area (Å²) in [6.45, 7) is 2.92. The number of hydrogen-bond donors (Lipinski definition) is 1. The lowest BCUT2D eigenvalue weighted by atomic mass is 10.3. The fraction of sp³-hybridized carbons (Fsp3) is 0.267. The first kappa shape index (κ1) is 13.3. The largest absolute Gasteiger partial charge is 0.370 e. The highest BCUT2D eigenvalue weighted by atomic mass is 32.1. The molecule has 0 fully saturated rings. The zero-order valence-electron chi connectivity index (χ0n) is 12.2. The van der Waals surface area contributed by atoms with Gasteiger partial charge in [-0.25, -0.2) is 9.97 Å². The van der Waals surface area contributed by atoms with Crippen molar-refractivity contribution in [2.24, 2.45) is 0 Å². The monoisotopic (exact) mass is 312 g/mol. The van der Waals surface area contributed by atoms with Gasteiger partial charge in [-0.2, -0.15) is 9.61 Å². The van der Waals surface area contributed by atoms with Gasteiger partial charge in [-0.05, 0) is 6.42 Å². The third-order valence-electron chi connectivity index (χ3n) is 3.61. The number of rotatable bonds is 5. The van der Waals surface area contributed by atoms with Crippen molar-refractivity contribution in [1.82, 2.24) is 24.0 Å². The van der Waals surface area contributed by atoms with Crippen LogP contribution in [0.2, 0.25) is 0 Å². The van der Waals surface area contributed by atoms with E-state index in [1.54, 1.807) is 17.5 Å². The molecule has 0 saturated heterocycles. The van der Waals surface area contributed by atoms with Crippen molar-refractivity contribution >= 4 is 27.8 Å². The molecule has 0 unspecified atom stereocenters. The molecule has 0 saturated carbocycles. The van der Waals surface area contributed by atoms with Crippen LogP contribution in [0.15, 0.2) is 36.1 Å². The van der Waals surface area contributed by atoms with E-state index < -0.39 is 0 Å². The standard InChI is InChI=1S/C15H16N6S/c1-2-11-9-14(21-13(18-11)4-6-17-21)16-5-3-12-10-20-7-8-22-15(20)19-12/h4,6-10,16H,2-3,5H2,1H3. The summed E-state index contributed by atoms with van der Waals surface area (Å²) >= 11 is 1.66. The van der Waals surface area contributed by atoms with Crippen molar-refractivity contribution in [2.45, 2.75) is 19.8 Å². The van der Waals surface area contributed by atoms with Gasteiger partial charge in [-0.15, -0.1) is 11.3 Å². The van der Waals surface area contributed by atoms with Crippen LogP contribution in [0.5, 0.6) is 0 Å². The highest BCUT2D eigenvalue weighted by Gasteiger charge is 2.06. The minimum Gasteiger partial charge on any atom is -0.370 e. The van der Waals surface area contributed by atoms with Crippen LogP contribution in [0, 0.1) is 0 Å². The van der Waals surface area contributed by atoms with Crippen molar-refractivity contribution in [3.8, 4) is 0 Å². The summed E-state index contributed by atoms with van der Waals surface area (Å²) in [5, 5.41) is 9.81. The highest BCUT2D eigenvalue weighted by Crippen LogP contribution is 2.14. The second-order valence-electron chi connectivity index (χ2n) is 5.09. The fourth-order valence-corrected chi connectivity index (χ4v) is 3.21. The number of aryl methyl sites for hydroxylation is 1. The van der Waals surface area contributed by atoms with Gasteiger partial charge in [0.15, 0.2) is 10.6 Å². The molecule has 0 aliphatic carbocycles. The summed E-state index contributed by atoms with van der Waals surface area (Å²) in [5.41, 5.74) is 3.04. The Morgan fingerprint density at radius 2 is 2.23 bits per heavy atom. The Kier molecular flexibility index (Phi) is 3.27. The van der Waals surface area contributed by atoms with Gasteiger partial charge >= 0.3 is 0 Å². The minimum atomic E-state index is 0.812. The summed E-state index contributed by atoms with van der Waals surface area (Å²) in [6, 6.07) is 3.99. The molecule has 1 N–H and O–H groups in total. The van der Waals surface area contributed by atoms with E-state index in [1.165, 1.54) is 0 Å². The SMILES string of the molecule is CCc1cc(NCCc2cn3ccsc3n2)n2nccc2n1. The van der Waals surface area contributed by atoms with Crippen LogP contribution in [0.3, 0.4) is 0 Å². The van der Waals surface area contributed by atoms with E-state index in [9.17, 15) is 0 Å². The average Bonchev–Trinajstić information content (AvgIpc) is 3.21. The van der Waals surface area contributed by atoms with Crippen LogP contribution in [-0.2, 0) is 12.8 Å². The quantitative estimate of drug-likeness (QED) is 0.615. The van der Waals surface area contributed by atoms with Crippen LogP contribution >= 0.6 is 11.3 Å². The molecule has 0 aliphatic heterocycles. The number of imidazole rings is 1. The zero-order chi connectivity index (χ0) is 14.9. The molecule has 0 bridgehead atoms. The van der Waals surface area contributed by atoms with E-state index in [2.05, 4.69) is 44.0 Å². The van der Waals surface area contributed by atoms with Crippen LogP contribution in [0.25, 0.3) is 10.6 Å². The Labute approximate surface area is 131 Å². The van der Waals surface area contributed by atoms with Gasteiger partial charge in [0.05, 0.1) is 11.9 Å². The smallest absolute Gasteiger partial charge is 0.193 e. The molecule has 22 heavy (non-hydrogen) atoms. The lowest BCUT2D eigenvalue weighted by Crippen LogP contribution is -2.10. The van der Waals surface area contributed by atoms with Crippen molar-refractivity contribution in [3.63, 3.8) is 0 Å². The zero-order valence-corrected chi connectivity index (χ0v) is 13.0. The Hall–Kier alpha value is -2.41. The molecule has 0 aromatic carbocycles. The lowest BCUT2D eigenvalue weighted by molar-refractivity contribution is 0.889. The van der Waals surface area contributed by atoms with Crippen LogP contribution in [0.1, 0.15) is 18.3 Å². The normalized spacial score (nSPS) is 11.5. The Morgan fingerprint density at radius 3 is 3.09 bits per heavy atom. The van der Waals surface area contributed by atoms with E-state index >= 15 is 0 Å². The molecule has 0 spiro atoms. The number of nitrogens with zero attached hydrogens (tertiary/aromatic N) is 5. The maximum absolute atomic E-state index is 4.60. The second kappa shape index (κ2) is 5.42. The molecule has 4 aromatic heterocycles. The number of fused-ring (bicyclic) bond motifs is 2. The Bertz CT molecular complexity index is 890. The van der Waals surface area contributed by atoms with Crippen LogP contribution in [-0.4, -0.2) is 30.5 Å². The van der Waals surface area contributed by atoms with E-state index in [4.69, 9.17) is 0 Å². The number of thiazole rings is 1. The van der Waals surface area contributed by atoms with E-state index in [1.807, 2.05) is 22.2 Å². The summed E-state index contributed by atoms with van der Waals surface area (Å²) in [7, 11) is 0. The molecule has 4 aromatic rings. The van der Waals surface area contributed by atoms with Gasteiger partial charge in [0.1, 0.15) is 5.82 Å². The maximum Gasteiger partial charge on any atom is 0.193 e. The van der Waals surface area contributed by atoms with E-state index in [0.29, 0.717) is 0 Å². The maximum atomic E-state index is 4.60. The average molecular weight is 312 g/mol. The summed E-state index contributed by atoms with van der Waals surface area (Å²) in [4.78, 5) is 10.2.